The van der Waals surface area contributed by atoms with Crippen molar-refractivity contribution in [1.82, 2.24) is 25.1 Å². The highest BCUT2D eigenvalue weighted by molar-refractivity contribution is 5.94. The van der Waals surface area contributed by atoms with Crippen LogP contribution < -0.4 is 4.90 Å². The third kappa shape index (κ3) is 3.67. The van der Waals surface area contributed by atoms with Crippen LogP contribution in [0, 0.1) is 0 Å². The van der Waals surface area contributed by atoms with Crippen molar-refractivity contribution in [1.29, 1.82) is 0 Å². The standard InChI is InChI=1S/C20H22N6O/c1-24(14-17-6-2-3-7-19(17)25-12-4-5-13-25)20(27)16-8-10-18(11-9-16)26-15-21-22-23-26/h2-3,6-11,15H,4-5,12-14H2,1H3. The van der Waals surface area contributed by atoms with Gasteiger partial charge in [-0.1, -0.05) is 18.2 Å². The van der Waals surface area contributed by atoms with E-state index >= 15 is 0 Å². The maximum absolute atomic E-state index is 12.8. The fraction of sp³-hybridized carbons (Fsp3) is 0.300. The van der Waals surface area contributed by atoms with Crippen LogP contribution in [0.1, 0.15) is 28.8 Å². The first-order valence-electron chi connectivity index (χ1n) is 9.14. The lowest BCUT2D eigenvalue weighted by atomic mass is 10.1. The number of nitrogens with zero attached hydrogens (tertiary/aromatic N) is 6. The van der Waals surface area contributed by atoms with Crippen molar-refractivity contribution in [2.45, 2.75) is 19.4 Å². The van der Waals surface area contributed by atoms with E-state index in [-0.39, 0.29) is 5.91 Å². The molecule has 7 heteroatoms. The van der Waals surface area contributed by atoms with Gasteiger partial charge in [0.15, 0.2) is 0 Å². The molecule has 0 spiro atoms. The van der Waals surface area contributed by atoms with Gasteiger partial charge in [0.25, 0.3) is 5.91 Å². The molecule has 1 amide bonds. The molecule has 0 aliphatic carbocycles. The Hall–Kier alpha value is -3.22. The molecule has 0 saturated carbocycles. The van der Waals surface area contributed by atoms with E-state index in [0.29, 0.717) is 12.1 Å². The summed E-state index contributed by atoms with van der Waals surface area (Å²) in [6.07, 6.45) is 3.99. The fourth-order valence-corrected chi connectivity index (χ4v) is 3.50. The summed E-state index contributed by atoms with van der Waals surface area (Å²) in [6.45, 7) is 2.76. The van der Waals surface area contributed by atoms with Crippen LogP contribution in [0.3, 0.4) is 0 Å². The Bertz CT molecular complexity index is 900. The van der Waals surface area contributed by atoms with E-state index in [1.165, 1.54) is 30.4 Å². The van der Waals surface area contributed by atoms with Crippen molar-refractivity contribution in [3.05, 3.63) is 66.0 Å². The highest BCUT2D eigenvalue weighted by Crippen LogP contribution is 2.25. The van der Waals surface area contributed by atoms with E-state index in [1.807, 2.05) is 37.4 Å². The van der Waals surface area contributed by atoms with Crippen LogP contribution in [0.5, 0.6) is 0 Å². The number of amides is 1. The zero-order chi connectivity index (χ0) is 18.6. The molecule has 1 saturated heterocycles. The molecule has 0 unspecified atom stereocenters. The Balaban J connectivity index is 1.48. The molecule has 27 heavy (non-hydrogen) atoms. The molecule has 1 aliphatic rings. The molecule has 1 aromatic heterocycles. The van der Waals surface area contributed by atoms with Crippen LogP contribution in [-0.2, 0) is 6.54 Å². The smallest absolute Gasteiger partial charge is 0.253 e. The first-order chi connectivity index (χ1) is 13.2. The largest absolute Gasteiger partial charge is 0.371 e. The number of hydrogen-bond acceptors (Lipinski definition) is 5. The van der Waals surface area contributed by atoms with Crippen molar-refractivity contribution in [2.75, 3.05) is 25.0 Å². The lowest BCUT2D eigenvalue weighted by Gasteiger charge is -2.24. The highest BCUT2D eigenvalue weighted by Gasteiger charge is 2.18. The molecule has 0 atom stereocenters. The first kappa shape index (κ1) is 17.2. The Morgan fingerprint density at radius 3 is 2.52 bits per heavy atom. The van der Waals surface area contributed by atoms with Crippen molar-refractivity contribution >= 4 is 11.6 Å². The van der Waals surface area contributed by atoms with Gasteiger partial charge in [-0.15, -0.1) is 5.10 Å². The topological polar surface area (TPSA) is 67.2 Å². The third-order valence-electron chi connectivity index (χ3n) is 4.92. The summed E-state index contributed by atoms with van der Waals surface area (Å²) < 4.78 is 1.56. The second-order valence-electron chi connectivity index (χ2n) is 6.79. The Labute approximate surface area is 158 Å². The SMILES string of the molecule is CN(Cc1ccccc1N1CCCC1)C(=O)c1ccc(-n2cnnn2)cc1. The predicted octanol–water partition coefficient (Wildman–Crippen LogP) is 2.53. The molecule has 4 rings (SSSR count). The van der Waals surface area contributed by atoms with E-state index < -0.39 is 0 Å². The molecule has 0 radical (unpaired) electrons. The van der Waals surface area contributed by atoms with Gasteiger partial charge in [-0.05, 0) is 59.2 Å². The summed E-state index contributed by atoms with van der Waals surface area (Å²) in [5.74, 6) is -0.00510. The number of carbonyl (C=O) groups excluding carboxylic acids is 1. The fourth-order valence-electron chi connectivity index (χ4n) is 3.50. The number of anilines is 1. The summed E-state index contributed by atoms with van der Waals surface area (Å²) in [5.41, 5.74) is 3.89. The first-order valence-corrected chi connectivity index (χ1v) is 9.14. The number of benzene rings is 2. The minimum absolute atomic E-state index is 0.00510. The molecule has 1 fully saturated rings. The van der Waals surface area contributed by atoms with E-state index in [1.54, 1.807) is 9.58 Å². The number of hydrogen-bond donors (Lipinski definition) is 0. The molecule has 2 heterocycles. The highest BCUT2D eigenvalue weighted by atomic mass is 16.2. The lowest BCUT2D eigenvalue weighted by molar-refractivity contribution is 0.0785. The van der Waals surface area contributed by atoms with Gasteiger partial charge in [-0.2, -0.15) is 0 Å². The predicted molar refractivity (Wildman–Crippen MR) is 103 cm³/mol. The number of carbonyl (C=O) groups is 1. The summed E-state index contributed by atoms with van der Waals surface area (Å²) in [4.78, 5) is 17.0. The molecule has 138 valence electrons. The quantitative estimate of drug-likeness (QED) is 0.698. The van der Waals surface area contributed by atoms with Crippen molar-refractivity contribution < 1.29 is 4.79 Å². The number of aromatic nitrogens is 4. The maximum Gasteiger partial charge on any atom is 0.253 e. The van der Waals surface area contributed by atoms with E-state index in [0.717, 1.165) is 18.8 Å². The summed E-state index contributed by atoms with van der Waals surface area (Å²) >= 11 is 0. The van der Waals surface area contributed by atoms with Crippen LogP contribution in [-0.4, -0.2) is 51.2 Å². The Kier molecular flexibility index (Phi) is 4.82. The molecule has 0 N–H and O–H groups in total. The van der Waals surface area contributed by atoms with E-state index in [9.17, 15) is 4.79 Å². The molecule has 7 nitrogen and oxygen atoms in total. The average Bonchev–Trinajstić information content (AvgIpc) is 3.42. The van der Waals surface area contributed by atoms with Gasteiger partial charge in [0, 0.05) is 37.9 Å². The van der Waals surface area contributed by atoms with Crippen molar-refractivity contribution in [3.8, 4) is 5.69 Å². The minimum Gasteiger partial charge on any atom is -0.371 e. The molecule has 1 aliphatic heterocycles. The van der Waals surface area contributed by atoms with Gasteiger partial charge < -0.3 is 9.80 Å². The van der Waals surface area contributed by atoms with Crippen LogP contribution in [0.25, 0.3) is 5.69 Å². The van der Waals surface area contributed by atoms with Gasteiger partial charge in [-0.25, -0.2) is 4.68 Å². The molecule has 2 aromatic carbocycles. The summed E-state index contributed by atoms with van der Waals surface area (Å²) in [6, 6.07) is 15.7. The molecule has 0 bridgehead atoms. The van der Waals surface area contributed by atoms with Gasteiger partial charge in [0.05, 0.1) is 5.69 Å². The van der Waals surface area contributed by atoms with Crippen LogP contribution in [0.15, 0.2) is 54.9 Å². The third-order valence-corrected chi connectivity index (χ3v) is 4.92. The zero-order valence-corrected chi connectivity index (χ0v) is 15.3. The Morgan fingerprint density at radius 1 is 1.07 bits per heavy atom. The summed E-state index contributed by atoms with van der Waals surface area (Å²) in [7, 11) is 1.85. The second kappa shape index (κ2) is 7.57. The van der Waals surface area contributed by atoms with Crippen LogP contribution in [0.4, 0.5) is 5.69 Å². The molecule has 3 aromatic rings. The van der Waals surface area contributed by atoms with Gasteiger partial charge in [-0.3, -0.25) is 4.79 Å². The number of para-hydroxylation sites is 1. The van der Waals surface area contributed by atoms with E-state index in [4.69, 9.17) is 0 Å². The Morgan fingerprint density at radius 2 is 1.81 bits per heavy atom. The zero-order valence-electron chi connectivity index (χ0n) is 15.3. The minimum atomic E-state index is -0.00510. The number of rotatable bonds is 5. The van der Waals surface area contributed by atoms with Gasteiger partial charge in [0.1, 0.15) is 6.33 Å². The summed E-state index contributed by atoms with van der Waals surface area (Å²) in [5, 5.41) is 11.1. The normalized spacial score (nSPS) is 13.7. The lowest BCUT2D eigenvalue weighted by Crippen LogP contribution is -2.28. The maximum atomic E-state index is 12.8. The van der Waals surface area contributed by atoms with Gasteiger partial charge in [0.2, 0.25) is 0 Å². The van der Waals surface area contributed by atoms with Crippen LogP contribution >= 0.6 is 0 Å². The second-order valence-corrected chi connectivity index (χ2v) is 6.79. The monoisotopic (exact) mass is 362 g/mol. The van der Waals surface area contributed by atoms with Gasteiger partial charge >= 0.3 is 0 Å². The van der Waals surface area contributed by atoms with Crippen LogP contribution in [0.2, 0.25) is 0 Å². The van der Waals surface area contributed by atoms with E-state index in [2.05, 4.69) is 38.6 Å². The molecular formula is C20H22N6O. The molecular weight excluding hydrogens is 340 g/mol. The van der Waals surface area contributed by atoms with Crippen molar-refractivity contribution in [3.63, 3.8) is 0 Å². The average molecular weight is 362 g/mol. The number of tetrazole rings is 1. The van der Waals surface area contributed by atoms with Crippen molar-refractivity contribution in [2.24, 2.45) is 0 Å².